The largest absolute Gasteiger partial charge is 0.378 e. The molecule has 0 radical (unpaired) electrons. The highest BCUT2D eigenvalue weighted by Crippen LogP contribution is 2.20. The summed E-state index contributed by atoms with van der Waals surface area (Å²) < 4.78 is 0. The van der Waals surface area contributed by atoms with Gasteiger partial charge >= 0.3 is 0 Å². The molecule has 0 amide bonds. The molecule has 3 nitrogen and oxygen atoms in total. The summed E-state index contributed by atoms with van der Waals surface area (Å²) in [6, 6.07) is 6.15. The van der Waals surface area contributed by atoms with E-state index in [1.54, 1.807) is 0 Å². The van der Waals surface area contributed by atoms with E-state index in [-0.39, 0.29) is 0 Å². The fourth-order valence-electron chi connectivity index (χ4n) is 1.14. The lowest BCUT2D eigenvalue weighted by Crippen LogP contribution is -2.08. The monoisotopic (exact) mass is 265 g/mol. The molecular weight excluding hydrogens is 234 g/mol. The summed E-state index contributed by atoms with van der Waals surface area (Å²) in [6.45, 7) is 15.9. The van der Waals surface area contributed by atoms with Gasteiger partial charge in [-0.25, -0.2) is 0 Å². The molecule has 0 aliphatic carbocycles. The summed E-state index contributed by atoms with van der Waals surface area (Å²) in [7, 11) is 4.04. The van der Waals surface area contributed by atoms with E-state index in [2.05, 4.69) is 49.0 Å². The second kappa shape index (κ2) is 11.6. The number of aryl methyl sites for hydroxylation is 1. The van der Waals surface area contributed by atoms with Crippen LogP contribution in [0.15, 0.2) is 23.3 Å². The second-order valence-corrected chi connectivity index (χ2v) is 4.90. The second-order valence-electron chi connectivity index (χ2n) is 4.90. The molecule has 0 aromatic heterocycles. The topological polar surface area (TPSA) is 27.6 Å². The molecule has 1 rings (SSSR count). The predicted octanol–water partition coefficient (Wildman–Crippen LogP) is 4.78. The average Bonchev–Trinajstić information content (AvgIpc) is 2.33. The van der Waals surface area contributed by atoms with Crippen molar-refractivity contribution in [3.63, 3.8) is 0 Å². The maximum atomic E-state index is 3.63. The zero-order chi connectivity index (χ0) is 15.4. The first kappa shape index (κ1) is 19.8. The SMILES string of the molecule is C=NNc1ccc(N(C)C)cc1C.CC.CC(C)C. The quantitative estimate of drug-likeness (QED) is 0.629. The van der Waals surface area contributed by atoms with E-state index in [0.717, 1.165) is 11.6 Å². The molecule has 19 heavy (non-hydrogen) atoms. The van der Waals surface area contributed by atoms with Crippen molar-refractivity contribution in [1.29, 1.82) is 0 Å². The molecule has 0 saturated carbocycles. The molecule has 3 heteroatoms. The standard InChI is InChI=1S/C10H15N3.C4H10.C2H6/c1-8-7-9(13(3)4)5-6-10(8)12-11-2;1-4(2)3;1-2/h5-7,12H,2H2,1,3-4H3;4H,1-3H3;1-2H3. The van der Waals surface area contributed by atoms with Crippen molar-refractivity contribution in [2.24, 2.45) is 11.0 Å². The minimum Gasteiger partial charge on any atom is -0.378 e. The van der Waals surface area contributed by atoms with Crippen molar-refractivity contribution in [2.75, 3.05) is 24.4 Å². The van der Waals surface area contributed by atoms with Gasteiger partial charge < -0.3 is 4.90 Å². The van der Waals surface area contributed by atoms with Crippen LogP contribution in [-0.2, 0) is 0 Å². The number of rotatable bonds is 3. The zero-order valence-electron chi connectivity index (χ0n) is 13.9. The Morgan fingerprint density at radius 1 is 1.16 bits per heavy atom. The van der Waals surface area contributed by atoms with Crippen LogP contribution >= 0.6 is 0 Å². The fourth-order valence-corrected chi connectivity index (χ4v) is 1.14. The molecule has 0 aliphatic rings. The van der Waals surface area contributed by atoms with Crippen LogP contribution in [0.2, 0.25) is 0 Å². The number of nitrogens with zero attached hydrogens (tertiary/aromatic N) is 2. The molecule has 1 aromatic rings. The predicted molar refractivity (Wildman–Crippen MR) is 90.5 cm³/mol. The van der Waals surface area contributed by atoms with Gasteiger partial charge in [-0.05, 0) is 36.6 Å². The lowest BCUT2D eigenvalue weighted by molar-refractivity contribution is 0.737. The van der Waals surface area contributed by atoms with Crippen molar-refractivity contribution >= 4 is 18.1 Å². The Bertz CT molecular complexity index is 341. The molecule has 0 saturated heterocycles. The van der Waals surface area contributed by atoms with E-state index in [0.29, 0.717) is 0 Å². The summed E-state index contributed by atoms with van der Waals surface area (Å²) in [6.07, 6.45) is 0. The third-order valence-electron chi connectivity index (χ3n) is 1.93. The normalized spacial score (nSPS) is 8.68. The third-order valence-corrected chi connectivity index (χ3v) is 1.93. The molecule has 0 atom stereocenters. The van der Waals surface area contributed by atoms with Crippen LogP contribution in [0.1, 0.15) is 40.2 Å². The van der Waals surface area contributed by atoms with Gasteiger partial charge in [0.05, 0.1) is 5.69 Å². The highest BCUT2D eigenvalue weighted by Gasteiger charge is 1.99. The van der Waals surface area contributed by atoms with Crippen LogP contribution in [0, 0.1) is 12.8 Å². The number of nitrogens with one attached hydrogen (secondary N) is 1. The minimum atomic E-state index is 0.833. The Morgan fingerprint density at radius 2 is 1.63 bits per heavy atom. The molecule has 0 heterocycles. The van der Waals surface area contributed by atoms with Crippen molar-refractivity contribution in [3.8, 4) is 0 Å². The lowest BCUT2D eigenvalue weighted by atomic mass is 10.2. The fraction of sp³-hybridized carbons (Fsp3) is 0.562. The molecule has 0 aliphatic heterocycles. The highest BCUT2D eigenvalue weighted by molar-refractivity contribution is 5.59. The first-order valence-corrected chi connectivity index (χ1v) is 6.88. The molecule has 0 fully saturated rings. The zero-order valence-corrected chi connectivity index (χ0v) is 13.9. The van der Waals surface area contributed by atoms with Crippen LogP contribution in [0.5, 0.6) is 0 Å². The lowest BCUT2D eigenvalue weighted by Gasteiger charge is -2.14. The Kier molecular flexibility index (Phi) is 12.1. The third kappa shape index (κ3) is 10.1. The molecule has 0 unspecified atom stereocenters. The van der Waals surface area contributed by atoms with Gasteiger partial charge in [0, 0.05) is 26.5 Å². The number of hydrogen-bond donors (Lipinski definition) is 1. The summed E-state index contributed by atoms with van der Waals surface area (Å²) in [5.41, 5.74) is 6.19. The van der Waals surface area contributed by atoms with Crippen molar-refractivity contribution in [2.45, 2.75) is 41.5 Å². The van der Waals surface area contributed by atoms with E-state index >= 15 is 0 Å². The van der Waals surface area contributed by atoms with Crippen LogP contribution in [-0.4, -0.2) is 20.8 Å². The van der Waals surface area contributed by atoms with Gasteiger partial charge in [-0.1, -0.05) is 34.6 Å². The van der Waals surface area contributed by atoms with Gasteiger partial charge in [0.25, 0.3) is 0 Å². The number of anilines is 2. The number of hydrogen-bond acceptors (Lipinski definition) is 3. The van der Waals surface area contributed by atoms with Crippen LogP contribution in [0.4, 0.5) is 11.4 Å². The van der Waals surface area contributed by atoms with Crippen molar-refractivity contribution < 1.29 is 0 Å². The van der Waals surface area contributed by atoms with Crippen molar-refractivity contribution in [1.82, 2.24) is 0 Å². The molecule has 0 bridgehead atoms. The van der Waals surface area contributed by atoms with Crippen LogP contribution in [0.25, 0.3) is 0 Å². The van der Waals surface area contributed by atoms with E-state index in [1.165, 1.54) is 11.3 Å². The van der Waals surface area contributed by atoms with Gasteiger partial charge in [-0.2, -0.15) is 5.10 Å². The minimum absolute atomic E-state index is 0.833. The summed E-state index contributed by atoms with van der Waals surface area (Å²) in [4.78, 5) is 2.07. The summed E-state index contributed by atoms with van der Waals surface area (Å²) >= 11 is 0. The first-order valence-electron chi connectivity index (χ1n) is 6.88. The maximum absolute atomic E-state index is 3.63. The number of benzene rings is 1. The van der Waals surface area contributed by atoms with Gasteiger partial charge in [0.2, 0.25) is 0 Å². The van der Waals surface area contributed by atoms with Gasteiger partial charge in [-0.15, -0.1) is 0 Å². The Labute approximate surface area is 119 Å². The Morgan fingerprint density at radius 3 is 1.95 bits per heavy atom. The Hall–Kier alpha value is -1.51. The van der Waals surface area contributed by atoms with E-state index < -0.39 is 0 Å². The Balaban J connectivity index is 0. The average molecular weight is 265 g/mol. The van der Waals surface area contributed by atoms with Crippen LogP contribution < -0.4 is 10.3 Å². The summed E-state index contributed by atoms with van der Waals surface area (Å²) in [5.74, 6) is 0.833. The molecule has 0 spiro atoms. The van der Waals surface area contributed by atoms with E-state index in [1.807, 2.05) is 47.0 Å². The first-order chi connectivity index (χ1) is 8.88. The molecule has 110 valence electrons. The molecular formula is C16H31N3. The molecule has 1 aromatic carbocycles. The van der Waals surface area contributed by atoms with E-state index in [4.69, 9.17) is 0 Å². The van der Waals surface area contributed by atoms with Crippen LogP contribution in [0.3, 0.4) is 0 Å². The number of hydrazone groups is 1. The van der Waals surface area contributed by atoms with Gasteiger partial charge in [-0.3, -0.25) is 5.43 Å². The smallest absolute Gasteiger partial charge is 0.0592 e. The highest BCUT2D eigenvalue weighted by atomic mass is 15.3. The van der Waals surface area contributed by atoms with Crippen molar-refractivity contribution in [3.05, 3.63) is 23.8 Å². The van der Waals surface area contributed by atoms with Gasteiger partial charge in [0.15, 0.2) is 0 Å². The van der Waals surface area contributed by atoms with E-state index in [9.17, 15) is 0 Å². The maximum Gasteiger partial charge on any atom is 0.0592 e. The van der Waals surface area contributed by atoms with Gasteiger partial charge in [0.1, 0.15) is 0 Å². The molecule has 1 N–H and O–H groups in total. The summed E-state index contributed by atoms with van der Waals surface area (Å²) in [5, 5.41) is 3.63.